The molecular weight excluding hydrogens is 268 g/mol. The Morgan fingerprint density at radius 3 is 2.14 bits per heavy atom. The molecule has 0 amide bonds. The van der Waals surface area contributed by atoms with Gasteiger partial charge in [0.15, 0.2) is 0 Å². The molecule has 0 saturated heterocycles. The quantitative estimate of drug-likeness (QED) is 0.715. The van der Waals surface area contributed by atoms with Crippen LogP contribution in [-0.4, -0.2) is 7.11 Å². The summed E-state index contributed by atoms with van der Waals surface area (Å²) in [6.45, 7) is 8.94. The molecule has 1 aliphatic carbocycles. The SMILES string of the molecule is C=C1CC(C)(C)C(c2ccccc2)=C1c1ccc(OC)cc1. The van der Waals surface area contributed by atoms with Crippen molar-refractivity contribution in [2.24, 2.45) is 5.41 Å². The Labute approximate surface area is 133 Å². The van der Waals surface area contributed by atoms with E-state index in [0.717, 1.165) is 12.2 Å². The molecule has 22 heavy (non-hydrogen) atoms. The van der Waals surface area contributed by atoms with Crippen LogP contribution in [0.1, 0.15) is 31.4 Å². The molecule has 112 valence electrons. The molecule has 0 spiro atoms. The Hall–Kier alpha value is -2.28. The fraction of sp³-hybridized carbons (Fsp3) is 0.238. The van der Waals surface area contributed by atoms with E-state index in [-0.39, 0.29) is 5.41 Å². The van der Waals surface area contributed by atoms with E-state index < -0.39 is 0 Å². The van der Waals surface area contributed by atoms with E-state index in [0.29, 0.717) is 0 Å². The van der Waals surface area contributed by atoms with E-state index >= 15 is 0 Å². The van der Waals surface area contributed by atoms with Crippen molar-refractivity contribution in [3.05, 3.63) is 77.9 Å². The van der Waals surface area contributed by atoms with Gasteiger partial charge in [0.1, 0.15) is 5.75 Å². The van der Waals surface area contributed by atoms with Crippen LogP contribution >= 0.6 is 0 Å². The lowest BCUT2D eigenvalue weighted by Crippen LogP contribution is -2.09. The molecule has 1 nitrogen and oxygen atoms in total. The molecule has 0 atom stereocenters. The molecule has 0 unspecified atom stereocenters. The highest BCUT2D eigenvalue weighted by molar-refractivity contribution is 6.03. The number of rotatable bonds is 3. The molecule has 1 heteroatoms. The number of hydrogen-bond acceptors (Lipinski definition) is 1. The number of allylic oxidation sites excluding steroid dienone is 3. The first-order valence-electron chi connectivity index (χ1n) is 7.66. The fourth-order valence-electron chi connectivity index (χ4n) is 3.47. The van der Waals surface area contributed by atoms with Gasteiger partial charge in [-0.25, -0.2) is 0 Å². The second-order valence-electron chi connectivity index (χ2n) is 6.51. The molecule has 3 rings (SSSR count). The Balaban J connectivity index is 2.20. The first kappa shape index (κ1) is 14.6. The van der Waals surface area contributed by atoms with Crippen LogP contribution in [0.3, 0.4) is 0 Å². The van der Waals surface area contributed by atoms with Crippen LogP contribution in [0, 0.1) is 5.41 Å². The maximum absolute atomic E-state index is 5.27. The molecule has 0 N–H and O–H groups in total. The molecule has 2 aromatic rings. The van der Waals surface area contributed by atoms with Gasteiger partial charge in [-0.2, -0.15) is 0 Å². The molecule has 0 fully saturated rings. The summed E-state index contributed by atoms with van der Waals surface area (Å²) in [6.07, 6.45) is 0.999. The van der Waals surface area contributed by atoms with Gasteiger partial charge in [0.25, 0.3) is 0 Å². The van der Waals surface area contributed by atoms with Crippen molar-refractivity contribution in [1.82, 2.24) is 0 Å². The zero-order chi connectivity index (χ0) is 15.7. The van der Waals surface area contributed by atoms with Crippen LogP contribution in [0.2, 0.25) is 0 Å². The fourth-order valence-corrected chi connectivity index (χ4v) is 3.47. The van der Waals surface area contributed by atoms with E-state index in [1.807, 2.05) is 12.1 Å². The minimum Gasteiger partial charge on any atom is -0.497 e. The van der Waals surface area contributed by atoms with Crippen molar-refractivity contribution >= 4 is 11.1 Å². The lowest BCUT2D eigenvalue weighted by Gasteiger charge is -2.23. The number of methoxy groups -OCH3 is 1. The maximum Gasteiger partial charge on any atom is 0.118 e. The van der Waals surface area contributed by atoms with Crippen LogP contribution in [0.25, 0.3) is 11.1 Å². The third-order valence-electron chi connectivity index (χ3n) is 4.38. The third kappa shape index (κ3) is 2.48. The number of benzene rings is 2. The summed E-state index contributed by atoms with van der Waals surface area (Å²) in [5.41, 5.74) is 6.51. The van der Waals surface area contributed by atoms with Crippen LogP contribution in [0.15, 0.2) is 66.7 Å². The molecule has 0 aliphatic heterocycles. The van der Waals surface area contributed by atoms with Gasteiger partial charge in [0.05, 0.1) is 7.11 Å². The van der Waals surface area contributed by atoms with E-state index in [1.165, 1.54) is 27.8 Å². The van der Waals surface area contributed by atoms with E-state index in [1.54, 1.807) is 7.11 Å². The van der Waals surface area contributed by atoms with Crippen molar-refractivity contribution in [1.29, 1.82) is 0 Å². The average molecular weight is 290 g/mol. The van der Waals surface area contributed by atoms with Crippen molar-refractivity contribution in [3.63, 3.8) is 0 Å². The first-order chi connectivity index (χ1) is 10.5. The second kappa shape index (κ2) is 5.49. The van der Waals surface area contributed by atoms with E-state index in [4.69, 9.17) is 4.74 Å². The zero-order valence-corrected chi connectivity index (χ0v) is 13.5. The Bertz CT molecular complexity index is 718. The van der Waals surface area contributed by atoms with Crippen LogP contribution in [0.4, 0.5) is 0 Å². The van der Waals surface area contributed by atoms with Gasteiger partial charge in [-0.3, -0.25) is 0 Å². The highest BCUT2D eigenvalue weighted by atomic mass is 16.5. The van der Waals surface area contributed by atoms with Crippen molar-refractivity contribution in [3.8, 4) is 5.75 Å². The molecular formula is C21H22O. The van der Waals surface area contributed by atoms with Crippen LogP contribution in [-0.2, 0) is 0 Å². The Morgan fingerprint density at radius 1 is 0.909 bits per heavy atom. The lowest BCUT2D eigenvalue weighted by molar-refractivity contribution is 0.415. The van der Waals surface area contributed by atoms with Gasteiger partial charge in [0, 0.05) is 0 Å². The minimum absolute atomic E-state index is 0.105. The topological polar surface area (TPSA) is 9.23 Å². The van der Waals surface area contributed by atoms with Crippen LogP contribution < -0.4 is 4.74 Å². The van der Waals surface area contributed by atoms with Gasteiger partial charge in [-0.05, 0) is 51.8 Å². The van der Waals surface area contributed by atoms with Gasteiger partial charge in [-0.15, -0.1) is 0 Å². The number of ether oxygens (including phenoxy) is 1. The van der Waals surface area contributed by atoms with Gasteiger partial charge in [-0.1, -0.05) is 62.9 Å². The monoisotopic (exact) mass is 290 g/mol. The summed E-state index contributed by atoms with van der Waals surface area (Å²) < 4.78 is 5.27. The highest BCUT2D eigenvalue weighted by Gasteiger charge is 2.36. The first-order valence-corrected chi connectivity index (χ1v) is 7.66. The molecule has 0 bridgehead atoms. The second-order valence-corrected chi connectivity index (χ2v) is 6.51. The Kier molecular flexibility index (Phi) is 3.66. The molecule has 0 heterocycles. The van der Waals surface area contributed by atoms with E-state index in [9.17, 15) is 0 Å². The van der Waals surface area contributed by atoms with Gasteiger partial charge < -0.3 is 4.74 Å². The largest absolute Gasteiger partial charge is 0.497 e. The van der Waals surface area contributed by atoms with Crippen molar-refractivity contribution in [2.45, 2.75) is 20.3 Å². The average Bonchev–Trinajstić information content (AvgIpc) is 2.77. The number of hydrogen-bond donors (Lipinski definition) is 0. The smallest absolute Gasteiger partial charge is 0.118 e. The minimum atomic E-state index is 0.105. The van der Waals surface area contributed by atoms with Crippen LogP contribution in [0.5, 0.6) is 5.75 Å². The van der Waals surface area contributed by atoms with Crippen molar-refractivity contribution < 1.29 is 4.74 Å². The van der Waals surface area contributed by atoms with Gasteiger partial charge >= 0.3 is 0 Å². The normalized spacial score (nSPS) is 17.0. The predicted molar refractivity (Wildman–Crippen MR) is 93.8 cm³/mol. The highest BCUT2D eigenvalue weighted by Crippen LogP contribution is 2.53. The summed E-state index contributed by atoms with van der Waals surface area (Å²) in [6, 6.07) is 18.9. The summed E-state index contributed by atoms with van der Waals surface area (Å²) in [4.78, 5) is 0. The van der Waals surface area contributed by atoms with E-state index in [2.05, 4.69) is 62.9 Å². The maximum atomic E-state index is 5.27. The molecule has 0 saturated carbocycles. The molecule has 0 radical (unpaired) electrons. The standard InChI is InChI=1S/C21H22O/c1-15-14-21(2,3)20(17-8-6-5-7-9-17)19(15)16-10-12-18(22-4)13-11-16/h5-13H,1,14H2,2-4H3. The summed E-state index contributed by atoms with van der Waals surface area (Å²) in [5, 5.41) is 0. The summed E-state index contributed by atoms with van der Waals surface area (Å²) in [5.74, 6) is 0.883. The van der Waals surface area contributed by atoms with Gasteiger partial charge in [0.2, 0.25) is 0 Å². The lowest BCUT2D eigenvalue weighted by atomic mass is 9.81. The predicted octanol–water partition coefficient (Wildman–Crippen LogP) is 5.59. The van der Waals surface area contributed by atoms with Crippen molar-refractivity contribution in [2.75, 3.05) is 7.11 Å². The molecule has 2 aromatic carbocycles. The third-order valence-corrected chi connectivity index (χ3v) is 4.38. The Morgan fingerprint density at radius 2 is 1.55 bits per heavy atom. The molecule has 0 aromatic heterocycles. The molecule has 1 aliphatic rings. The summed E-state index contributed by atoms with van der Waals surface area (Å²) in [7, 11) is 1.70. The zero-order valence-electron chi connectivity index (χ0n) is 13.5. The summed E-state index contributed by atoms with van der Waals surface area (Å²) >= 11 is 0.